The average molecular weight is 174 g/mol. The van der Waals surface area contributed by atoms with Gasteiger partial charge in [-0.2, -0.15) is 0 Å². The number of nitrogens with two attached hydrogens (primary N) is 1. The second kappa shape index (κ2) is 5.49. The smallest absolute Gasteiger partial charge is 0.0740 e. The summed E-state index contributed by atoms with van der Waals surface area (Å²) >= 11 is 4.79. The van der Waals surface area contributed by atoms with Gasteiger partial charge in [-0.15, -0.1) is 0 Å². The van der Waals surface area contributed by atoms with Crippen molar-refractivity contribution in [3.8, 4) is 0 Å². The molecule has 0 rings (SSSR count). The number of thiocarbonyl (C=S) groups is 1. The van der Waals surface area contributed by atoms with Gasteiger partial charge in [0.2, 0.25) is 0 Å². The molecule has 1 atom stereocenters. The van der Waals surface area contributed by atoms with Crippen molar-refractivity contribution in [2.75, 3.05) is 13.6 Å². The lowest BCUT2D eigenvalue weighted by Gasteiger charge is -2.22. The second-order valence-corrected chi connectivity index (χ2v) is 3.48. The maximum Gasteiger partial charge on any atom is 0.0740 e. The largest absolute Gasteiger partial charge is 0.393 e. The molecule has 0 saturated carbocycles. The molecule has 1 unspecified atom stereocenters. The highest BCUT2D eigenvalue weighted by Crippen LogP contribution is 2.00. The molecule has 0 amide bonds. The van der Waals surface area contributed by atoms with Gasteiger partial charge in [-0.3, -0.25) is 0 Å². The molecule has 0 spiro atoms. The summed E-state index contributed by atoms with van der Waals surface area (Å²) in [5.41, 5.74) is 5.39. The average Bonchev–Trinajstić information content (AvgIpc) is 1.98. The third-order valence-corrected chi connectivity index (χ3v) is 2.26. The van der Waals surface area contributed by atoms with E-state index in [-0.39, 0.29) is 0 Å². The highest BCUT2D eigenvalue weighted by Gasteiger charge is 2.05. The van der Waals surface area contributed by atoms with E-state index in [4.69, 9.17) is 18.0 Å². The molecule has 0 radical (unpaired) electrons. The number of rotatable bonds is 5. The maximum absolute atomic E-state index is 5.39. The summed E-state index contributed by atoms with van der Waals surface area (Å²) in [6.45, 7) is 5.37. The van der Waals surface area contributed by atoms with Gasteiger partial charge in [-0.1, -0.05) is 19.1 Å². The standard InChI is InChI=1S/C8H18N2S/c1-4-7(2)10(3)6-5-8(9)11/h7H,4-6H2,1-3H3,(H2,9,11). The van der Waals surface area contributed by atoms with Crippen LogP contribution in [0.2, 0.25) is 0 Å². The molecule has 0 aromatic carbocycles. The fraction of sp³-hybridized carbons (Fsp3) is 0.875. The first-order valence-corrected chi connectivity index (χ1v) is 4.47. The summed E-state index contributed by atoms with van der Waals surface area (Å²) in [4.78, 5) is 2.89. The topological polar surface area (TPSA) is 29.3 Å². The third kappa shape index (κ3) is 5.16. The van der Waals surface area contributed by atoms with Gasteiger partial charge >= 0.3 is 0 Å². The Bertz CT molecular complexity index is 125. The zero-order valence-corrected chi connectivity index (χ0v) is 8.45. The molecule has 0 aliphatic carbocycles. The molecule has 0 aromatic rings. The number of nitrogens with zero attached hydrogens (tertiary/aromatic N) is 1. The van der Waals surface area contributed by atoms with E-state index in [1.807, 2.05) is 0 Å². The van der Waals surface area contributed by atoms with Crippen LogP contribution < -0.4 is 5.73 Å². The molecule has 2 nitrogen and oxygen atoms in total. The van der Waals surface area contributed by atoms with Crippen molar-refractivity contribution in [1.29, 1.82) is 0 Å². The lowest BCUT2D eigenvalue weighted by molar-refractivity contribution is 0.259. The lowest BCUT2D eigenvalue weighted by atomic mass is 10.2. The van der Waals surface area contributed by atoms with Gasteiger partial charge < -0.3 is 10.6 Å². The molecule has 0 aromatic heterocycles. The fourth-order valence-electron chi connectivity index (χ4n) is 0.819. The Labute approximate surface area is 74.8 Å². The van der Waals surface area contributed by atoms with Crippen molar-refractivity contribution in [3.63, 3.8) is 0 Å². The first-order valence-electron chi connectivity index (χ1n) is 4.06. The molecule has 3 heteroatoms. The minimum absolute atomic E-state index is 0.611. The van der Waals surface area contributed by atoms with Gasteiger partial charge in [0.1, 0.15) is 0 Å². The monoisotopic (exact) mass is 174 g/mol. The SMILES string of the molecule is CCC(C)N(C)CCC(N)=S. The molecule has 11 heavy (non-hydrogen) atoms. The van der Waals surface area contributed by atoms with Gasteiger partial charge in [0.15, 0.2) is 0 Å². The Morgan fingerprint density at radius 3 is 2.55 bits per heavy atom. The van der Waals surface area contributed by atoms with E-state index in [0.717, 1.165) is 13.0 Å². The molecule has 0 aliphatic rings. The number of hydrogen-bond donors (Lipinski definition) is 1. The van der Waals surface area contributed by atoms with Crippen LogP contribution in [0.1, 0.15) is 26.7 Å². The predicted molar refractivity (Wildman–Crippen MR) is 53.8 cm³/mol. The van der Waals surface area contributed by atoms with Crippen molar-refractivity contribution < 1.29 is 0 Å². The van der Waals surface area contributed by atoms with E-state index in [2.05, 4.69) is 25.8 Å². The molecule has 0 heterocycles. The third-order valence-electron chi connectivity index (χ3n) is 2.05. The van der Waals surface area contributed by atoms with Crippen LogP contribution in [-0.2, 0) is 0 Å². The molecule has 0 saturated heterocycles. The van der Waals surface area contributed by atoms with Gasteiger partial charge in [0, 0.05) is 19.0 Å². The summed E-state index contributed by atoms with van der Waals surface area (Å²) < 4.78 is 0. The van der Waals surface area contributed by atoms with Crippen molar-refractivity contribution in [2.45, 2.75) is 32.7 Å². The molecule has 0 bridgehead atoms. The van der Waals surface area contributed by atoms with Gasteiger partial charge in [0.25, 0.3) is 0 Å². The van der Waals surface area contributed by atoms with Crippen LogP contribution in [0, 0.1) is 0 Å². The van der Waals surface area contributed by atoms with Crippen LogP contribution in [0.3, 0.4) is 0 Å². The van der Waals surface area contributed by atoms with E-state index in [1.165, 1.54) is 6.42 Å². The van der Waals surface area contributed by atoms with Crippen LogP contribution in [0.4, 0.5) is 0 Å². The van der Waals surface area contributed by atoms with Crippen LogP contribution in [0.15, 0.2) is 0 Å². The van der Waals surface area contributed by atoms with Crippen molar-refractivity contribution >= 4 is 17.2 Å². The molecular weight excluding hydrogens is 156 g/mol. The lowest BCUT2D eigenvalue weighted by Crippen LogP contribution is -2.31. The normalized spacial score (nSPS) is 13.5. The second-order valence-electron chi connectivity index (χ2n) is 2.95. The van der Waals surface area contributed by atoms with Crippen LogP contribution in [-0.4, -0.2) is 29.5 Å². The minimum Gasteiger partial charge on any atom is -0.393 e. The van der Waals surface area contributed by atoms with Crippen molar-refractivity contribution in [3.05, 3.63) is 0 Å². The van der Waals surface area contributed by atoms with Gasteiger partial charge in [-0.05, 0) is 20.4 Å². The van der Waals surface area contributed by atoms with Crippen LogP contribution in [0.25, 0.3) is 0 Å². The molecular formula is C8H18N2S. The van der Waals surface area contributed by atoms with Crippen LogP contribution >= 0.6 is 12.2 Å². The zero-order chi connectivity index (χ0) is 8.85. The minimum atomic E-state index is 0.611. The first-order chi connectivity index (χ1) is 5.07. The van der Waals surface area contributed by atoms with E-state index >= 15 is 0 Å². The summed E-state index contributed by atoms with van der Waals surface area (Å²) in [5, 5.41) is 0. The van der Waals surface area contributed by atoms with Gasteiger partial charge in [-0.25, -0.2) is 0 Å². The Morgan fingerprint density at radius 1 is 1.64 bits per heavy atom. The maximum atomic E-state index is 5.39. The predicted octanol–water partition coefficient (Wildman–Crippen LogP) is 1.39. The Kier molecular flexibility index (Phi) is 5.42. The zero-order valence-electron chi connectivity index (χ0n) is 7.63. The van der Waals surface area contributed by atoms with Gasteiger partial charge in [0.05, 0.1) is 4.99 Å². The summed E-state index contributed by atoms with van der Waals surface area (Å²) in [5.74, 6) is 0. The molecule has 0 aliphatic heterocycles. The summed E-state index contributed by atoms with van der Waals surface area (Å²) in [6.07, 6.45) is 2.00. The highest BCUT2D eigenvalue weighted by molar-refractivity contribution is 7.80. The van der Waals surface area contributed by atoms with E-state index in [0.29, 0.717) is 11.0 Å². The van der Waals surface area contributed by atoms with E-state index < -0.39 is 0 Å². The highest BCUT2D eigenvalue weighted by atomic mass is 32.1. The van der Waals surface area contributed by atoms with E-state index in [1.54, 1.807) is 0 Å². The Hall–Kier alpha value is -0.150. The summed E-state index contributed by atoms with van der Waals surface area (Å²) in [6, 6.07) is 0.629. The summed E-state index contributed by atoms with van der Waals surface area (Å²) in [7, 11) is 2.10. The van der Waals surface area contributed by atoms with Crippen LogP contribution in [0.5, 0.6) is 0 Å². The quantitative estimate of drug-likeness (QED) is 0.639. The Balaban J connectivity index is 3.51. The molecule has 0 fully saturated rings. The molecule has 66 valence electrons. The first kappa shape index (κ1) is 10.8. The fourth-order valence-corrected chi connectivity index (χ4v) is 0.910. The van der Waals surface area contributed by atoms with Crippen molar-refractivity contribution in [2.24, 2.45) is 5.73 Å². The Morgan fingerprint density at radius 2 is 2.18 bits per heavy atom. The van der Waals surface area contributed by atoms with E-state index in [9.17, 15) is 0 Å². The van der Waals surface area contributed by atoms with Crippen molar-refractivity contribution in [1.82, 2.24) is 4.90 Å². The number of hydrogen-bond acceptors (Lipinski definition) is 2. The molecule has 2 N–H and O–H groups in total.